The number of hydrogen-bond donors (Lipinski definition) is 1. The van der Waals surface area contributed by atoms with Gasteiger partial charge in [0.15, 0.2) is 0 Å². The van der Waals surface area contributed by atoms with Gasteiger partial charge in [0, 0.05) is 19.0 Å². The van der Waals surface area contributed by atoms with Crippen molar-refractivity contribution in [2.24, 2.45) is 0 Å². The molecule has 108 valence electrons. The molecule has 1 N–H and O–H groups in total. The molecule has 1 rings (SSSR count). The summed E-state index contributed by atoms with van der Waals surface area (Å²) in [6.07, 6.45) is 0.0384. The van der Waals surface area contributed by atoms with Crippen LogP contribution in [0.25, 0.3) is 0 Å². The quantitative estimate of drug-likeness (QED) is 0.825. The predicted octanol–water partition coefficient (Wildman–Crippen LogP) is 1.49. The Labute approximate surface area is 116 Å². The van der Waals surface area contributed by atoms with Gasteiger partial charge in [-0.1, -0.05) is 0 Å². The molecule has 0 amide bonds. The first kappa shape index (κ1) is 16.1. The highest BCUT2D eigenvalue weighted by Gasteiger charge is 2.23. The first-order valence-corrected chi connectivity index (χ1v) is 7.97. The molecule has 0 saturated carbocycles. The standard InChI is InChI=1S/C11H17NO5S2/c1-8(2)17-5-4-12(3)19(15,16)10-6-9(7-18-10)11(13)14/h6-8H,4-5H2,1-3H3,(H,13,14). The van der Waals surface area contributed by atoms with Crippen LogP contribution in [-0.2, 0) is 14.8 Å². The molecule has 0 atom stereocenters. The van der Waals surface area contributed by atoms with Crippen LogP contribution in [0.1, 0.15) is 24.2 Å². The molecule has 19 heavy (non-hydrogen) atoms. The Kier molecular flexibility index (Phi) is 5.48. The van der Waals surface area contributed by atoms with Gasteiger partial charge in [0.1, 0.15) is 4.21 Å². The van der Waals surface area contributed by atoms with Crippen LogP contribution in [0.5, 0.6) is 0 Å². The first-order chi connectivity index (χ1) is 8.75. The minimum atomic E-state index is -3.64. The zero-order valence-electron chi connectivity index (χ0n) is 11.0. The number of carboxylic acid groups (broad SMARTS) is 1. The van der Waals surface area contributed by atoms with E-state index in [-0.39, 0.29) is 22.4 Å². The summed E-state index contributed by atoms with van der Waals surface area (Å²) in [7, 11) is -2.20. The average molecular weight is 307 g/mol. The van der Waals surface area contributed by atoms with Gasteiger partial charge in [-0.25, -0.2) is 13.2 Å². The van der Waals surface area contributed by atoms with Gasteiger partial charge in [-0.15, -0.1) is 11.3 Å². The molecule has 0 aliphatic carbocycles. The SMILES string of the molecule is CC(C)OCCN(C)S(=O)(=O)c1cc(C(=O)O)cs1. The Morgan fingerprint density at radius 3 is 2.63 bits per heavy atom. The van der Waals surface area contributed by atoms with E-state index in [4.69, 9.17) is 9.84 Å². The molecule has 0 unspecified atom stereocenters. The number of hydrogen-bond acceptors (Lipinski definition) is 5. The van der Waals surface area contributed by atoms with Gasteiger partial charge >= 0.3 is 5.97 Å². The fourth-order valence-corrected chi connectivity index (χ4v) is 3.77. The normalized spacial score (nSPS) is 12.3. The predicted molar refractivity (Wildman–Crippen MR) is 72.2 cm³/mol. The van der Waals surface area contributed by atoms with Crippen molar-refractivity contribution in [3.63, 3.8) is 0 Å². The summed E-state index contributed by atoms with van der Waals surface area (Å²) >= 11 is 0.902. The van der Waals surface area contributed by atoms with Crippen LogP contribution in [0.15, 0.2) is 15.7 Å². The third-order valence-electron chi connectivity index (χ3n) is 2.34. The number of likely N-dealkylation sites (N-methyl/N-ethyl adjacent to an activating group) is 1. The molecule has 0 fully saturated rings. The van der Waals surface area contributed by atoms with Crippen molar-refractivity contribution < 1.29 is 23.1 Å². The number of sulfonamides is 1. The van der Waals surface area contributed by atoms with Crippen LogP contribution in [-0.4, -0.2) is 50.1 Å². The lowest BCUT2D eigenvalue weighted by Crippen LogP contribution is -2.30. The topological polar surface area (TPSA) is 83.9 Å². The fourth-order valence-electron chi connectivity index (χ4n) is 1.25. The minimum Gasteiger partial charge on any atom is -0.478 e. The summed E-state index contributed by atoms with van der Waals surface area (Å²) in [5.41, 5.74) is -0.0181. The molecular formula is C11H17NO5S2. The second-order valence-electron chi connectivity index (χ2n) is 4.21. The number of nitrogens with zero attached hydrogens (tertiary/aromatic N) is 1. The summed E-state index contributed by atoms with van der Waals surface area (Å²) in [4.78, 5) is 10.7. The average Bonchev–Trinajstić information content (AvgIpc) is 2.78. The maximum Gasteiger partial charge on any atom is 0.336 e. The Bertz CT molecular complexity index is 535. The largest absolute Gasteiger partial charge is 0.478 e. The molecular weight excluding hydrogens is 290 g/mol. The highest BCUT2D eigenvalue weighted by atomic mass is 32.2. The maximum atomic E-state index is 12.1. The van der Waals surface area contributed by atoms with Crippen LogP contribution in [0, 0.1) is 0 Å². The smallest absolute Gasteiger partial charge is 0.336 e. The zero-order valence-corrected chi connectivity index (χ0v) is 12.6. The van der Waals surface area contributed by atoms with Crippen molar-refractivity contribution in [3.05, 3.63) is 17.0 Å². The van der Waals surface area contributed by atoms with Gasteiger partial charge in [-0.05, 0) is 19.9 Å². The van der Waals surface area contributed by atoms with Crippen LogP contribution >= 0.6 is 11.3 Å². The third-order valence-corrected chi connectivity index (χ3v) is 5.62. The van der Waals surface area contributed by atoms with Gasteiger partial charge in [0.2, 0.25) is 0 Å². The molecule has 0 aromatic carbocycles. The summed E-state index contributed by atoms with van der Waals surface area (Å²) in [6.45, 7) is 4.26. The number of ether oxygens (including phenoxy) is 1. The zero-order chi connectivity index (χ0) is 14.6. The van der Waals surface area contributed by atoms with E-state index in [0.717, 1.165) is 15.6 Å². The minimum absolute atomic E-state index is 0.0181. The molecule has 0 radical (unpaired) electrons. The van der Waals surface area contributed by atoms with Crippen molar-refractivity contribution >= 4 is 27.3 Å². The van der Waals surface area contributed by atoms with Crippen molar-refractivity contribution in [3.8, 4) is 0 Å². The molecule has 8 heteroatoms. The van der Waals surface area contributed by atoms with E-state index in [0.29, 0.717) is 6.61 Å². The lowest BCUT2D eigenvalue weighted by atomic mass is 10.4. The van der Waals surface area contributed by atoms with Gasteiger partial charge in [-0.2, -0.15) is 4.31 Å². The van der Waals surface area contributed by atoms with E-state index >= 15 is 0 Å². The third kappa shape index (κ3) is 4.27. The number of carbonyl (C=O) groups is 1. The van der Waals surface area contributed by atoms with Crippen LogP contribution in [0.2, 0.25) is 0 Å². The van der Waals surface area contributed by atoms with Crippen LogP contribution < -0.4 is 0 Å². The molecule has 0 aliphatic rings. The Balaban J connectivity index is 2.75. The number of carboxylic acids is 1. The van der Waals surface area contributed by atoms with E-state index in [1.807, 2.05) is 13.8 Å². The summed E-state index contributed by atoms with van der Waals surface area (Å²) in [6, 6.07) is 1.17. The molecule has 0 saturated heterocycles. The number of rotatable bonds is 7. The highest BCUT2D eigenvalue weighted by Crippen LogP contribution is 2.23. The Hall–Kier alpha value is -0.960. The molecule has 0 bridgehead atoms. The van der Waals surface area contributed by atoms with Crippen LogP contribution in [0.4, 0.5) is 0 Å². The fraction of sp³-hybridized carbons (Fsp3) is 0.545. The van der Waals surface area contributed by atoms with Crippen molar-refractivity contribution in [2.45, 2.75) is 24.2 Å². The van der Waals surface area contributed by atoms with Gasteiger partial charge < -0.3 is 9.84 Å². The molecule has 1 heterocycles. The molecule has 0 aliphatic heterocycles. The van der Waals surface area contributed by atoms with Gasteiger partial charge in [0.25, 0.3) is 10.0 Å². The summed E-state index contributed by atoms with van der Waals surface area (Å²) < 4.78 is 30.7. The lowest BCUT2D eigenvalue weighted by molar-refractivity contribution is 0.0696. The summed E-state index contributed by atoms with van der Waals surface area (Å²) in [5, 5.41) is 10.1. The van der Waals surface area contributed by atoms with E-state index in [1.54, 1.807) is 0 Å². The molecule has 1 aromatic heterocycles. The van der Waals surface area contributed by atoms with E-state index in [9.17, 15) is 13.2 Å². The molecule has 0 spiro atoms. The highest BCUT2D eigenvalue weighted by molar-refractivity contribution is 7.91. The van der Waals surface area contributed by atoms with E-state index in [2.05, 4.69) is 0 Å². The number of thiophene rings is 1. The summed E-state index contributed by atoms with van der Waals surface area (Å²) in [5.74, 6) is -1.14. The lowest BCUT2D eigenvalue weighted by Gasteiger charge is -2.16. The maximum absolute atomic E-state index is 12.1. The number of aromatic carboxylic acids is 1. The monoisotopic (exact) mass is 307 g/mol. The van der Waals surface area contributed by atoms with E-state index in [1.165, 1.54) is 18.5 Å². The van der Waals surface area contributed by atoms with Gasteiger partial charge in [0.05, 0.1) is 18.3 Å². The molecule has 1 aromatic rings. The molecule has 6 nitrogen and oxygen atoms in total. The van der Waals surface area contributed by atoms with Gasteiger partial charge in [-0.3, -0.25) is 0 Å². The first-order valence-electron chi connectivity index (χ1n) is 5.65. The van der Waals surface area contributed by atoms with Crippen LogP contribution in [0.3, 0.4) is 0 Å². The second-order valence-corrected chi connectivity index (χ2v) is 7.39. The van der Waals surface area contributed by atoms with E-state index < -0.39 is 16.0 Å². The second kappa shape index (κ2) is 6.47. The van der Waals surface area contributed by atoms with Crippen molar-refractivity contribution in [2.75, 3.05) is 20.2 Å². The Morgan fingerprint density at radius 1 is 1.53 bits per heavy atom. The Morgan fingerprint density at radius 2 is 2.16 bits per heavy atom. The van der Waals surface area contributed by atoms with Crippen molar-refractivity contribution in [1.82, 2.24) is 4.31 Å². The van der Waals surface area contributed by atoms with Crippen molar-refractivity contribution in [1.29, 1.82) is 0 Å².